The Morgan fingerprint density at radius 2 is 1.78 bits per heavy atom. The van der Waals surface area contributed by atoms with Crippen molar-refractivity contribution in [3.05, 3.63) is 34.4 Å². The molecule has 0 saturated carbocycles. The second kappa shape index (κ2) is 7.85. The van der Waals surface area contributed by atoms with Gasteiger partial charge in [0.15, 0.2) is 0 Å². The van der Waals surface area contributed by atoms with E-state index in [1.807, 2.05) is 40.7 Å². The van der Waals surface area contributed by atoms with Crippen LogP contribution >= 0.6 is 0 Å². The Morgan fingerprint density at radius 3 is 2.30 bits per heavy atom. The highest BCUT2D eigenvalue weighted by Crippen LogP contribution is 2.18. The number of nitrogens with zero attached hydrogens (tertiary/aromatic N) is 4. The van der Waals surface area contributed by atoms with Crippen molar-refractivity contribution in [2.45, 2.75) is 59.9 Å². The fourth-order valence-corrected chi connectivity index (χ4v) is 2.95. The first-order valence-electron chi connectivity index (χ1n) is 8.88. The van der Waals surface area contributed by atoms with Crippen LogP contribution in [0.3, 0.4) is 0 Å². The van der Waals surface area contributed by atoms with Gasteiger partial charge in [-0.3, -0.25) is 4.79 Å². The molecule has 0 aliphatic carbocycles. The van der Waals surface area contributed by atoms with Crippen molar-refractivity contribution in [1.82, 2.24) is 25.1 Å². The monoisotopic (exact) mass is 373 g/mol. The zero-order valence-electron chi connectivity index (χ0n) is 17.0. The van der Waals surface area contributed by atoms with Gasteiger partial charge in [-0.1, -0.05) is 6.92 Å². The molecule has 2 rings (SSSR count). The predicted molar refractivity (Wildman–Crippen MR) is 101 cm³/mol. The van der Waals surface area contributed by atoms with Gasteiger partial charge >= 0.3 is 5.97 Å². The fourth-order valence-electron chi connectivity index (χ4n) is 2.95. The van der Waals surface area contributed by atoms with Gasteiger partial charge in [-0.25, -0.2) is 19.4 Å². The fraction of sp³-hybridized carbons (Fsp3) is 0.526. The second-order valence-electron chi connectivity index (χ2n) is 6.91. The predicted octanol–water partition coefficient (Wildman–Crippen LogP) is 1.90. The number of aromatic nitrogens is 4. The molecule has 27 heavy (non-hydrogen) atoms. The molecule has 8 heteroatoms. The lowest BCUT2D eigenvalue weighted by Crippen LogP contribution is -2.52. The summed E-state index contributed by atoms with van der Waals surface area (Å²) in [7, 11) is 1.31. The summed E-state index contributed by atoms with van der Waals surface area (Å²) >= 11 is 0. The van der Waals surface area contributed by atoms with Crippen molar-refractivity contribution in [3.63, 3.8) is 0 Å². The number of hydrogen-bond donors (Lipinski definition) is 1. The molecule has 8 nitrogen and oxygen atoms in total. The first-order valence-corrected chi connectivity index (χ1v) is 8.88. The van der Waals surface area contributed by atoms with Crippen molar-refractivity contribution in [2.75, 3.05) is 7.11 Å². The average Bonchev–Trinajstić information content (AvgIpc) is 2.88. The van der Waals surface area contributed by atoms with E-state index in [9.17, 15) is 9.59 Å². The Kier molecular flexibility index (Phi) is 5.98. The quantitative estimate of drug-likeness (QED) is 0.777. The van der Waals surface area contributed by atoms with Gasteiger partial charge in [0, 0.05) is 22.6 Å². The highest BCUT2D eigenvalue weighted by molar-refractivity contribution is 5.88. The molecule has 2 heterocycles. The third-order valence-electron chi connectivity index (χ3n) is 4.70. The van der Waals surface area contributed by atoms with Gasteiger partial charge in [0.05, 0.1) is 19.2 Å². The van der Waals surface area contributed by atoms with Crippen molar-refractivity contribution in [1.29, 1.82) is 0 Å². The Labute approximate surface area is 159 Å². The van der Waals surface area contributed by atoms with E-state index in [0.717, 1.165) is 28.3 Å². The van der Waals surface area contributed by atoms with Crippen molar-refractivity contribution < 1.29 is 14.3 Å². The van der Waals surface area contributed by atoms with E-state index >= 15 is 0 Å². The third kappa shape index (κ3) is 4.32. The standard InChI is InChI=1S/C19H27N5O3/c1-8-19(6,17(26)27-7)22-16(25)10-15-13(4)23-24(14(15)5)18-20-11(2)9-12(3)21-18/h9H,8,10H2,1-7H3,(H,22,25)/t19-/m1/s1. The molecule has 0 unspecified atom stereocenters. The molecule has 146 valence electrons. The number of rotatable bonds is 6. The summed E-state index contributed by atoms with van der Waals surface area (Å²) in [6, 6.07) is 1.89. The van der Waals surface area contributed by atoms with Crippen LogP contribution in [0.5, 0.6) is 0 Å². The molecule has 0 spiro atoms. The number of amides is 1. The maximum Gasteiger partial charge on any atom is 0.331 e. The Balaban J connectivity index is 2.29. The van der Waals surface area contributed by atoms with Crippen LogP contribution in [0.1, 0.15) is 48.6 Å². The van der Waals surface area contributed by atoms with Gasteiger partial charge in [-0.2, -0.15) is 5.10 Å². The Morgan fingerprint density at radius 1 is 1.19 bits per heavy atom. The van der Waals surface area contributed by atoms with Crippen molar-refractivity contribution in [2.24, 2.45) is 0 Å². The number of aryl methyl sites for hydroxylation is 3. The smallest absolute Gasteiger partial charge is 0.331 e. The minimum absolute atomic E-state index is 0.106. The topological polar surface area (TPSA) is 99.0 Å². The van der Waals surface area contributed by atoms with E-state index in [0.29, 0.717) is 12.4 Å². The van der Waals surface area contributed by atoms with Crippen LogP contribution in [-0.4, -0.2) is 44.3 Å². The average molecular weight is 373 g/mol. The number of ether oxygens (including phenoxy) is 1. The van der Waals surface area contributed by atoms with Crippen LogP contribution in [0.2, 0.25) is 0 Å². The molecule has 1 atom stereocenters. The molecule has 0 aliphatic heterocycles. The van der Waals surface area contributed by atoms with Crippen LogP contribution in [0.25, 0.3) is 5.95 Å². The summed E-state index contributed by atoms with van der Waals surface area (Å²) in [6.45, 7) is 11.0. The van der Waals surface area contributed by atoms with Crippen LogP contribution in [0, 0.1) is 27.7 Å². The summed E-state index contributed by atoms with van der Waals surface area (Å²) in [5.41, 5.74) is 2.95. The molecule has 2 aromatic heterocycles. The van der Waals surface area contributed by atoms with Crippen LogP contribution in [0.4, 0.5) is 0 Å². The van der Waals surface area contributed by atoms with Gasteiger partial charge in [0.2, 0.25) is 5.91 Å². The number of nitrogens with one attached hydrogen (secondary N) is 1. The Bertz CT molecular complexity index is 854. The van der Waals surface area contributed by atoms with E-state index in [2.05, 4.69) is 20.4 Å². The molecule has 0 aromatic carbocycles. The zero-order valence-corrected chi connectivity index (χ0v) is 17.0. The third-order valence-corrected chi connectivity index (χ3v) is 4.70. The summed E-state index contributed by atoms with van der Waals surface area (Å²) in [5.74, 6) is -0.254. The molecular weight excluding hydrogens is 346 g/mol. The van der Waals surface area contributed by atoms with Gasteiger partial charge in [0.1, 0.15) is 5.54 Å². The first kappa shape index (κ1) is 20.5. The van der Waals surface area contributed by atoms with Gasteiger partial charge < -0.3 is 10.1 Å². The zero-order chi connectivity index (χ0) is 20.4. The number of carbonyl (C=O) groups is 2. The summed E-state index contributed by atoms with van der Waals surface area (Å²) < 4.78 is 6.45. The number of methoxy groups -OCH3 is 1. The molecule has 2 aromatic rings. The van der Waals surface area contributed by atoms with Gasteiger partial charge in [-0.05, 0) is 47.1 Å². The molecule has 0 fully saturated rings. The minimum atomic E-state index is -1.06. The van der Waals surface area contributed by atoms with Crippen LogP contribution in [0.15, 0.2) is 6.07 Å². The van der Waals surface area contributed by atoms with E-state index < -0.39 is 11.5 Å². The molecule has 1 amide bonds. The lowest BCUT2D eigenvalue weighted by atomic mass is 9.98. The van der Waals surface area contributed by atoms with E-state index in [1.165, 1.54) is 7.11 Å². The lowest BCUT2D eigenvalue weighted by Gasteiger charge is -2.26. The van der Waals surface area contributed by atoms with E-state index in [1.54, 1.807) is 11.6 Å². The van der Waals surface area contributed by atoms with Crippen LogP contribution in [-0.2, 0) is 20.7 Å². The van der Waals surface area contributed by atoms with Gasteiger partial charge in [0.25, 0.3) is 5.95 Å². The molecule has 0 aliphatic rings. The summed E-state index contributed by atoms with van der Waals surface area (Å²) in [5, 5.41) is 7.29. The largest absolute Gasteiger partial charge is 0.467 e. The maximum atomic E-state index is 12.6. The molecule has 0 radical (unpaired) electrons. The first-order chi connectivity index (χ1) is 12.6. The number of hydrogen-bond acceptors (Lipinski definition) is 6. The highest BCUT2D eigenvalue weighted by atomic mass is 16.5. The van der Waals surface area contributed by atoms with E-state index in [4.69, 9.17) is 4.74 Å². The highest BCUT2D eigenvalue weighted by Gasteiger charge is 2.34. The van der Waals surface area contributed by atoms with Crippen LogP contribution < -0.4 is 5.32 Å². The summed E-state index contributed by atoms with van der Waals surface area (Å²) in [4.78, 5) is 33.4. The minimum Gasteiger partial charge on any atom is -0.467 e. The molecule has 0 bridgehead atoms. The van der Waals surface area contributed by atoms with E-state index in [-0.39, 0.29) is 12.3 Å². The number of esters is 1. The maximum absolute atomic E-state index is 12.6. The summed E-state index contributed by atoms with van der Waals surface area (Å²) in [6.07, 6.45) is 0.536. The molecular formula is C19H27N5O3. The van der Waals surface area contributed by atoms with Gasteiger partial charge in [-0.15, -0.1) is 0 Å². The van der Waals surface area contributed by atoms with Crippen molar-refractivity contribution in [3.8, 4) is 5.95 Å². The second-order valence-corrected chi connectivity index (χ2v) is 6.91. The van der Waals surface area contributed by atoms with Crippen molar-refractivity contribution >= 4 is 11.9 Å². The lowest BCUT2D eigenvalue weighted by molar-refractivity contribution is -0.150. The Hall–Kier alpha value is -2.77. The SMILES string of the molecule is CC[C@@](C)(NC(=O)Cc1c(C)nn(-c2nc(C)cc(C)n2)c1C)C(=O)OC. The normalized spacial score (nSPS) is 13.1. The number of carbonyl (C=O) groups excluding carboxylic acids is 2. The molecule has 0 saturated heterocycles. The molecule has 1 N–H and O–H groups in total.